The van der Waals surface area contributed by atoms with Gasteiger partial charge in [-0.3, -0.25) is 10.1 Å². The van der Waals surface area contributed by atoms with Crippen LogP contribution >= 0.6 is 7.14 Å². The van der Waals surface area contributed by atoms with E-state index in [2.05, 4.69) is 20.5 Å². The maximum Gasteiger partial charge on any atom is 0.155 e. The summed E-state index contributed by atoms with van der Waals surface area (Å²) < 4.78 is 12.3. The van der Waals surface area contributed by atoms with Crippen LogP contribution in [-0.4, -0.2) is 28.5 Å². The average molecular weight is 314 g/mol. The molecule has 3 rings (SSSR count). The number of pyridine rings is 1. The minimum atomic E-state index is -2.31. The van der Waals surface area contributed by atoms with Crippen molar-refractivity contribution in [3.05, 3.63) is 41.7 Å². The first-order valence-corrected chi connectivity index (χ1v) is 9.69. The van der Waals surface area contributed by atoms with Crippen LogP contribution in [0.25, 0.3) is 10.9 Å². The van der Waals surface area contributed by atoms with Gasteiger partial charge >= 0.3 is 0 Å². The molecule has 2 N–H and O–H groups in total. The minimum Gasteiger partial charge on any atom is -0.338 e. The average Bonchev–Trinajstić information content (AvgIpc) is 2.78. The lowest BCUT2D eigenvalue weighted by Gasteiger charge is -2.11. The lowest BCUT2D eigenvalue weighted by atomic mass is 10.2. The van der Waals surface area contributed by atoms with Crippen LogP contribution in [0.4, 0.5) is 11.5 Å². The van der Waals surface area contributed by atoms with E-state index < -0.39 is 7.14 Å². The first-order valence-electron chi connectivity index (χ1n) is 7.09. The van der Waals surface area contributed by atoms with E-state index in [1.807, 2.05) is 38.1 Å². The number of aromatic nitrogens is 3. The second-order valence-electron chi connectivity index (χ2n) is 5.86. The van der Waals surface area contributed by atoms with Gasteiger partial charge < -0.3 is 9.88 Å². The van der Waals surface area contributed by atoms with Crippen LogP contribution in [0, 0.1) is 13.8 Å². The number of aryl methyl sites for hydroxylation is 1. The fraction of sp³-hybridized carbons (Fsp3) is 0.250. The van der Waals surface area contributed by atoms with Crippen molar-refractivity contribution in [2.75, 3.05) is 18.6 Å². The van der Waals surface area contributed by atoms with Crippen molar-refractivity contribution in [2.24, 2.45) is 0 Å². The van der Waals surface area contributed by atoms with Crippen molar-refractivity contribution in [3.63, 3.8) is 0 Å². The second-order valence-corrected chi connectivity index (χ2v) is 9.08. The molecule has 6 heteroatoms. The number of H-pyrrole nitrogens is 1. The molecule has 0 bridgehead atoms. The maximum absolute atomic E-state index is 12.3. The number of fused-ring (bicyclic) bond motifs is 1. The largest absolute Gasteiger partial charge is 0.338 e. The zero-order chi connectivity index (χ0) is 15.9. The molecule has 1 aromatic carbocycles. The van der Waals surface area contributed by atoms with E-state index in [0.29, 0.717) is 0 Å². The van der Waals surface area contributed by atoms with Crippen LogP contribution < -0.4 is 10.6 Å². The third-order valence-electron chi connectivity index (χ3n) is 3.85. The zero-order valence-electron chi connectivity index (χ0n) is 13.1. The Hall–Kier alpha value is -2.13. The van der Waals surface area contributed by atoms with Crippen LogP contribution in [0.15, 0.2) is 30.5 Å². The smallest absolute Gasteiger partial charge is 0.155 e. The van der Waals surface area contributed by atoms with Gasteiger partial charge in [-0.2, -0.15) is 5.10 Å². The third kappa shape index (κ3) is 2.64. The van der Waals surface area contributed by atoms with E-state index in [0.717, 1.165) is 39.0 Å². The Kier molecular flexibility index (Phi) is 3.53. The summed E-state index contributed by atoms with van der Waals surface area (Å²) in [6.45, 7) is 7.56. The van der Waals surface area contributed by atoms with Gasteiger partial charge in [0.05, 0.1) is 11.2 Å². The Morgan fingerprint density at radius 3 is 2.59 bits per heavy atom. The molecule has 0 atom stereocenters. The topological polar surface area (TPSA) is 70.7 Å². The minimum absolute atomic E-state index is 0.798. The molecule has 0 aliphatic heterocycles. The predicted octanol–water partition coefficient (Wildman–Crippen LogP) is 3.57. The second kappa shape index (κ2) is 5.25. The number of anilines is 2. The number of hydrogen-bond donors (Lipinski definition) is 2. The van der Waals surface area contributed by atoms with Crippen molar-refractivity contribution >= 4 is 34.9 Å². The Morgan fingerprint density at radius 1 is 1.18 bits per heavy atom. The number of nitrogens with zero attached hydrogens (tertiary/aromatic N) is 2. The maximum atomic E-state index is 12.3. The molecule has 22 heavy (non-hydrogen) atoms. The van der Waals surface area contributed by atoms with Crippen LogP contribution in [0.2, 0.25) is 0 Å². The molecule has 0 aliphatic rings. The molecule has 0 spiro atoms. The molecular weight excluding hydrogens is 295 g/mol. The summed E-state index contributed by atoms with van der Waals surface area (Å²) in [6, 6.07) is 7.67. The Balaban J connectivity index is 2.13. The number of aromatic amines is 1. The summed E-state index contributed by atoms with van der Waals surface area (Å²) in [5.74, 6) is 0.798. The van der Waals surface area contributed by atoms with E-state index in [1.54, 1.807) is 19.5 Å². The summed E-state index contributed by atoms with van der Waals surface area (Å²) in [7, 11) is -2.31. The van der Waals surface area contributed by atoms with Crippen LogP contribution in [-0.2, 0) is 4.57 Å². The zero-order valence-corrected chi connectivity index (χ0v) is 14.0. The van der Waals surface area contributed by atoms with Gasteiger partial charge in [0.15, 0.2) is 5.82 Å². The lowest BCUT2D eigenvalue weighted by Crippen LogP contribution is -2.03. The van der Waals surface area contributed by atoms with Crippen LogP contribution in [0.3, 0.4) is 0 Å². The van der Waals surface area contributed by atoms with Gasteiger partial charge in [0.1, 0.15) is 7.14 Å². The summed E-state index contributed by atoms with van der Waals surface area (Å²) in [5, 5.41) is 12.4. The number of hydrogen-bond acceptors (Lipinski definition) is 4. The van der Waals surface area contributed by atoms with Crippen LogP contribution in [0.1, 0.15) is 11.3 Å². The van der Waals surface area contributed by atoms with Crippen molar-refractivity contribution in [1.29, 1.82) is 0 Å². The molecule has 0 unspecified atom stereocenters. The third-order valence-corrected chi connectivity index (χ3v) is 5.37. The fourth-order valence-corrected chi connectivity index (χ4v) is 3.19. The van der Waals surface area contributed by atoms with Gasteiger partial charge in [0.25, 0.3) is 0 Å². The standard InChI is InChI=1S/C16H19N4OP/c1-10-11(2)19-20-16(10)18-15-7-8-17-14-6-5-12(9-13(14)15)22(3,4)21/h5-9H,1-4H3,(H2,17,18,19,20). The Labute approximate surface area is 129 Å². The molecule has 0 saturated carbocycles. The fourth-order valence-electron chi connectivity index (χ4n) is 2.31. The molecule has 0 fully saturated rings. The van der Waals surface area contributed by atoms with Gasteiger partial charge in [-0.05, 0) is 51.4 Å². The molecule has 0 aliphatic carbocycles. The molecule has 0 amide bonds. The van der Waals surface area contributed by atoms with Gasteiger partial charge in [-0.1, -0.05) is 0 Å². The van der Waals surface area contributed by atoms with Crippen molar-refractivity contribution in [2.45, 2.75) is 13.8 Å². The molecule has 2 heterocycles. The van der Waals surface area contributed by atoms with E-state index >= 15 is 0 Å². The highest BCUT2D eigenvalue weighted by molar-refractivity contribution is 7.70. The summed E-state index contributed by atoms with van der Waals surface area (Å²) >= 11 is 0. The Morgan fingerprint density at radius 2 is 1.95 bits per heavy atom. The van der Waals surface area contributed by atoms with E-state index in [-0.39, 0.29) is 0 Å². The summed E-state index contributed by atoms with van der Waals surface area (Å²) in [5.41, 5.74) is 3.90. The highest BCUT2D eigenvalue weighted by atomic mass is 31.2. The van der Waals surface area contributed by atoms with E-state index in [1.165, 1.54) is 0 Å². The molecule has 0 saturated heterocycles. The SMILES string of the molecule is Cc1[nH]nc(Nc2ccnc3ccc(P(C)(C)=O)cc23)c1C. The quantitative estimate of drug-likeness (QED) is 0.725. The molecule has 5 nitrogen and oxygen atoms in total. The molecule has 114 valence electrons. The van der Waals surface area contributed by atoms with Crippen molar-refractivity contribution in [1.82, 2.24) is 15.2 Å². The lowest BCUT2D eigenvalue weighted by molar-refractivity contribution is 0.588. The molecule has 3 aromatic rings. The normalized spacial score (nSPS) is 11.8. The first-order chi connectivity index (χ1) is 10.4. The van der Waals surface area contributed by atoms with Gasteiger partial charge in [0, 0.05) is 28.1 Å². The predicted molar refractivity (Wildman–Crippen MR) is 92.2 cm³/mol. The van der Waals surface area contributed by atoms with Crippen molar-refractivity contribution in [3.8, 4) is 0 Å². The van der Waals surface area contributed by atoms with Gasteiger partial charge in [0.2, 0.25) is 0 Å². The van der Waals surface area contributed by atoms with Crippen LogP contribution in [0.5, 0.6) is 0 Å². The highest BCUT2D eigenvalue weighted by Gasteiger charge is 2.14. The number of benzene rings is 1. The van der Waals surface area contributed by atoms with Gasteiger partial charge in [-0.15, -0.1) is 0 Å². The first kappa shape index (κ1) is 14.8. The van der Waals surface area contributed by atoms with E-state index in [9.17, 15) is 4.57 Å². The molecule has 2 aromatic heterocycles. The number of nitrogens with one attached hydrogen (secondary N) is 2. The summed E-state index contributed by atoms with van der Waals surface area (Å²) in [6.07, 6.45) is 1.76. The summed E-state index contributed by atoms with van der Waals surface area (Å²) in [4.78, 5) is 4.38. The van der Waals surface area contributed by atoms with Crippen molar-refractivity contribution < 1.29 is 4.57 Å². The highest BCUT2D eigenvalue weighted by Crippen LogP contribution is 2.36. The monoisotopic (exact) mass is 314 g/mol. The molecular formula is C16H19N4OP. The Bertz CT molecular complexity index is 894. The van der Waals surface area contributed by atoms with E-state index in [4.69, 9.17) is 0 Å². The van der Waals surface area contributed by atoms with Gasteiger partial charge in [-0.25, -0.2) is 0 Å². The number of rotatable bonds is 3. The molecule has 0 radical (unpaired) electrons.